The van der Waals surface area contributed by atoms with Crippen molar-refractivity contribution in [2.45, 2.75) is 32.4 Å². The number of piperidine rings is 1. The fourth-order valence-corrected chi connectivity index (χ4v) is 4.93. The molecule has 2 aromatic carbocycles. The van der Waals surface area contributed by atoms with Crippen molar-refractivity contribution in [3.05, 3.63) is 71.4 Å². The normalized spacial score (nSPS) is 19.4. The molecular formula is C29H33FN2O2. The molecule has 34 heavy (non-hydrogen) atoms. The number of aliphatic hydroxyl groups is 1. The number of nitrogens with zero attached hydrogens (tertiary/aromatic N) is 2. The minimum atomic E-state index is -1.07. The molecule has 0 unspecified atom stereocenters. The average molecular weight is 461 g/mol. The van der Waals surface area contributed by atoms with E-state index in [9.17, 15) is 5.11 Å². The van der Waals surface area contributed by atoms with Crippen LogP contribution in [0.4, 0.5) is 4.39 Å². The molecule has 1 saturated heterocycles. The van der Waals surface area contributed by atoms with Gasteiger partial charge in [-0.3, -0.25) is 9.88 Å². The van der Waals surface area contributed by atoms with Crippen LogP contribution in [0.15, 0.2) is 54.7 Å². The fourth-order valence-electron chi connectivity index (χ4n) is 4.93. The molecule has 0 aliphatic carbocycles. The fraction of sp³-hybridized carbons (Fsp3) is 0.414. The van der Waals surface area contributed by atoms with Crippen molar-refractivity contribution in [3.8, 4) is 17.6 Å². The quantitative estimate of drug-likeness (QED) is 0.485. The summed E-state index contributed by atoms with van der Waals surface area (Å²) in [5, 5.41) is 10.8. The summed E-state index contributed by atoms with van der Waals surface area (Å²) in [6.07, 6.45) is 2.74. The summed E-state index contributed by atoms with van der Waals surface area (Å²) in [6.45, 7) is 4.61. The molecule has 1 aromatic heterocycles. The van der Waals surface area contributed by atoms with Crippen LogP contribution in [0, 0.1) is 30.6 Å². The molecule has 4 nitrogen and oxygen atoms in total. The van der Waals surface area contributed by atoms with Gasteiger partial charge in [-0.25, -0.2) is 4.39 Å². The molecule has 0 spiro atoms. The zero-order valence-electron chi connectivity index (χ0n) is 20.0. The van der Waals surface area contributed by atoms with Crippen molar-refractivity contribution in [1.82, 2.24) is 9.88 Å². The Bertz CT molecular complexity index is 1170. The number of fused-ring (bicyclic) bond motifs is 1. The average Bonchev–Trinajstić information content (AvgIpc) is 2.87. The number of pyridine rings is 1. The summed E-state index contributed by atoms with van der Waals surface area (Å²) >= 11 is 0. The summed E-state index contributed by atoms with van der Waals surface area (Å²) in [7, 11) is 1.61. The van der Waals surface area contributed by atoms with Crippen LogP contribution in [0.25, 0.3) is 10.9 Å². The lowest BCUT2D eigenvalue weighted by Gasteiger charge is -2.37. The molecular weight excluding hydrogens is 427 g/mol. The zero-order chi connectivity index (χ0) is 23.9. The molecule has 1 fully saturated rings. The van der Waals surface area contributed by atoms with Crippen LogP contribution in [-0.2, 0) is 0 Å². The van der Waals surface area contributed by atoms with E-state index in [0.29, 0.717) is 30.2 Å². The lowest BCUT2D eigenvalue weighted by molar-refractivity contribution is 0.0708. The maximum atomic E-state index is 15.4. The van der Waals surface area contributed by atoms with Gasteiger partial charge in [0.1, 0.15) is 11.9 Å². The van der Waals surface area contributed by atoms with E-state index in [4.69, 9.17) is 4.74 Å². The van der Waals surface area contributed by atoms with Gasteiger partial charge in [0.2, 0.25) is 0 Å². The van der Waals surface area contributed by atoms with Crippen LogP contribution in [0.5, 0.6) is 5.75 Å². The number of ether oxygens (including phenoxy) is 1. The van der Waals surface area contributed by atoms with Gasteiger partial charge in [-0.15, -0.1) is 0 Å². The molecule has 3 atom stereocenters. The highest BCUT2D eigenvalue weighted by Crippen LogP contribution is 2.35. The number of halogens is 1. The summed E-state index contributed by atoms with van der Waals surface area (Å²) < 4.78 is 20.7. The van der Waals surface area contributed by atoms with Crippen molar-refractivity contribution in [3.63, 3.8) is 0 Å². The van der Waals surface area contributed by atoms with Crippen LogP contribution in [0.3, 0.4) is 0 Å². The van der Waals surface area contributed by atoms with Gasteiger partial charge in [0.15, 0.2) is 0 Å². The van der Waals surface area contributed by atoms with Crippen molar-refractivity contribution >= 4 is 10.9 Å². The third-order valence-corrected chi connectivity index (χ3v) is 6.87. The van der Waals surface area contributed by atoms with Crippen LogP contribution < -0.4 is 4.74 Å². The number of aryl methyl sites for hydroxylation is 1. The Balaban J connectivity index is 1.34. The van der Waals surface area contributed by atoms with Gasteiger partial charge in [0, 0.05) is 30.3 Å². The molecule has 1 aliphatic heterocycles. The first-order chi connectivity index (χ1) is 16.6. The van der Waals surface area contributed by atoms with Gasteiger partial charge in [0.25, 0.3) is 0 Å². The van der Waals surface area contributed by atoms with E-state index in [0.717, 1.165) is 42.4 Å². The molecule has 0 bridgehead atoms. The van der Waals surface area contributed by atoms with E-state index in [1.807, 2.05) is 30.3 Å². The van der Waals surface area contributed by atoms with Crippen LogP contribution in [0.2, 0.25) is 0 Å². The van der Waals surface area contributed by atoms with Crippen molar-refractivity contribution in [2.24, 2.45) is 11.8 Å². The first-order valence-electron chi connectivity index (χ1n) is 12.0. The maximum absolute atomic E-state index is 15.4. The number of methoxy groups -OCH3 is 1. The molecule has 0 saturated carbocycles. The van der Waals surface area contributed by atoms with Gasteiger partial charge < -0.3 is 9.84 Å². The van der Waals surface area contributed by atoms with Crippen LogP contribution in [-0.4, -0.2) is 48.3 Å². The Labute approximate surface area is 201 Å². The van der Waals surface area contributed by atoms with E-state index in [-0.39, 0.29) is 12.5 Å². The molecule has 5 heteroatoms. The summed E-state index contributed by atoms with van der Waals surface area (Å²) in [5.74, 6) is 7.68. The van der Waals surface area contributed by atoms with E-state index in [2.05, 4.69) is 40.8 Å². The third kappa shape index (κ3) is 5.94. The van der Waals surface area contributed by atoms with Gasteiger partial charge in [-0.1, -0.05) is 24.0 Å². The number of hydrogen-bond donors (Lipinski definition) is 1. The minimum absolute atomic E-state index is 0.124. The van der Waals surface area contributed by atoms with E-state index < -0.39 is 6.17 Å². The Hall–Kier alpha value is -2.94. The molecule has 0 radical (unpaired) electrons. The molecule has 2 heterocycles. The first-order valence-corrected chi connectivity index (χ1v) is 12.0. The minimum Gasteiger partial charge on any atom is -0.497 e. The second-order valence-corrected chi connectivity index (χ2v) is 9.23. The van der Waals surface area contributed by atoms with Gasteiger partial charge in [-0.2, -0.15) is 0 Å². The SMILES string of the molecule is COc1ccc2nccc([C@@H](F)CC[C@@H]3CCN(CC#Cc4cccc(C)c4)C[C@@H]3CO)c2c1. The predicted octanol–water partition coefficient (Wildman–Crippen LogP) is 5.32. The summed E-state index contributed by atoms with van der Waals surface area (Å²) in [4.78, 5) is 6.66. The molecule has 1 aliphatic rings. The standard InChI is InChI=1S/C29H33FN2O2/c1-21-5-3-6-22(17-21)7-4-15-32-16-13-23(24(19-32)20-33)8-10-28(30)26-12-14-31-29-11-9-25(34-2)18-27(26)29/h3,5-6,9,11-12,14,17-18,23-24,28,33H,8,10,13,15-16,19-20H2,1-2H3/t23-,24-,28+/m1/s1. The zero-order valence-corrected chi connectivity index (χ0v) is 20.0. The summed E-state index contributed by atoms with van der Waals surface area (Å²) in [6, 6.07) is 15.5. The van der Waals surface area contributed by atoms with Crippen LogP contribution >= 0.6 is 0 Å². The first kappa shape index (κ1) is 24.2. The number of likely N-dealkylation sites (tertiary alicyclic amines) is 1. The summed E-state index contributed by atoms with van der Waals surface area (Å²) in [5.41, 5.74) is 3.67. The monoisotopic (exact) mass is 460 g/mol. The Morgan fingerprint density at radius 1 is 1.21 bits per heavy atom. The molecule has 0 amide bonds. The molecule has 178 valence electrons. The van der Waals surface area contributed by atoms with Crippen molar-refractivity contribution < 1.29 is 14.2 Å². The lowest BCUT2D eigenvalue weighted by atomic mass is 9.81. The van der Waals surface area contributed by atoms with Gasteiger partial charge in [-0.05, 0) is 92.1 Å². The number of alkyl halides is 1. The predicted molar refractivity (Wildman–Crippen MR) is 135 cm³/mol. The molecule has 4 rings (SSSR count). The lowest BCUT2D eigenvalue weighted by Crippen LogP contribution is -2.42. The number of rotatable bonds is 7. The molecule has 3 aromatic rings. The topological polar surface area (TPSA) is 45.6 Å². The Morgan fingerprint density at radius 2 is 2.09 bits per heavy atom. The second-order valence-electron chi connectivity index (χ2n) is 9.23. The highest BCUT2D eigenvalue weighted by atomic mass is 19.1. The smallest absolute Gasteiger partial charge is 0.126 e. The highest BCUT2D eigenvalue weighted by molar-refractivity contribution is 5.83. The maximum Gasteiger partial charge on any atom is 0.126 e. The number of aromatic nitrogens is 1. The Kier molecular flexibility index (Phi) is 8.16. The van der Waals surface area contributed by atoms with E-state index in [1.54, 1.807) is 19.4 Å². The van der Waals surface area contributed by atoms with Gasteiger partial charge >= 0.3 is 0 Å². The number of hydrogen-bond acceptors (Lipinski definition) is 4. The van der Waals surface area contributed by atoms with Crippen molar-refractivity contribution in [1.29, 1.82) is 0 Å². The molecule has 1 N–H and O–H groups in total. The van der Waals surface area contributed by atoms with Crippen LogP contribution in [0.1, 0.15) is 42.1 Å². The second kappa shape index (κ2) is 11.5. The van der Waals surface area contributed by atoms with Gasteiger partial charge in [0.05, 0.1) is 19.2 Å². The van der Waals surface area contributed by atoms with E-state index in [1.165, 1.54) is 5.56 Å². The Morgan fingerprint density at radius 3 is 2.88 bits per heavy atom. The largest absolute Gasteiger partial charge is 0.497 e. The van der Waals surface area contributed by atoms with E-state index >= 15 is 4.39 Å². The third-order valence-electron chi connectivity index (χ3n) is 6.87. The number of aliphatic hydroxyl groups excluding tert-OH is 1. The number of benzene rings is 2. The van der Waals surface area contributed by atoms with Crippen molar-refractivity contribution in [2.75, 3.05) is 33.4 Å². The highest BCUT2D eigenvalue weighted by Gasteiger charge is 2.29.